The van der Waals surface area contributed by atoms with Crippen molar-refractivity contribution in [2.24, 2.45) is 52.8 Å². The topological polar surface area (TPSA) is 9.23 Å². The van der Waals surface area contributed by atoms with Gasteiger partial charge in [-0.05, 0) is 111 Å². The summed E-state index contributed by atoms with van der Waals surface area (Å²) in [7, 11) is 1.88. The van der Waals surface area contributed by atoms with Crippen molar-refractivity contribution in [2.75, 3.05) is 13.7 Å². The molecule has 4 fully saturated rings. The number of methoxy groups -OCH3 is 1. The number of fused-ring (bicyclic) bond motifs is 5. The van der Waals surface area contributed by atoms with Crippen LogP contribution in [0.5, 0.6) is 0 Å². The van der Waals surface area contributed by atoms with Crippen molar-refractivity contribution in [1.29, 1.82) is 0 Å². The van der Waals surface area contributed by atoms with Gasteiger partial charge in [-0.25, -0.2) is 0 Å². The zero-order valence-electron chi connectivity index (χ0n) is 17.1. The van der Waals surface area contributed by atoms with Crippen molar-refractivity contribution >= 4 is 0 Å². The van der Waals surface area contributed by atoms with Crippen molar-refractivity contribution in [3.05, 3.63) is 12.2 Å². The van der Waals surface area contributed by atoms with Gasteiger partial charge >= 0.3 is 0 Å². The van der Waals surface area contributed by atoms with Gasteiger partial charge in [-0.1, -0.05) is 26.0 Å². The number of rotatable bonds is 3. The molecule has 1 nitrogen and oxygen atoms in total. The van der Waals surface area contributed by atoms with Gasteiger partial charge in [0.15, 0.2) is 0 Å². The summed E-state index contributed by atoms with van der Waals surface area (Å²) in [6, 6.07) is 0. The molecular formula is C24H40O. The quantitative estimate of drug-likeness (QED) is 0.543. The minimum atomic E-state index is 0.548. The molecule has 0 radical (unpaired) electrons. The highest BCUT2D eigenvalue weighted by molar-refractivity contribution is 5.15. The first-order chi connectivity index (χ1) is 12.0. The predicted octanol–water partition coefficient (Wildman–Crippen LogP) is 6.34. The van der Waals surface area contributed by atoms with Crippen LogP contribution in [0.3, 0.4) is 0 Å². The molecule has 0 aromatic heterocycles. The van der Waals surface area contributed by atoms with Gasteiger partial charge in [0.05, 0.1) is 0 Å². The number of hydrogen-bond donors (Lipinski definition) is 0. The second-order valence-corrected chi connectivity index (χ2v) is 10.7. The molecule has 4 aliphatic carbocycles. The Kier molecular flexibility index (Phi) is 4.84. The molecule has 0 aromatic carbocycles. The minimum absolute atomic E-state index is 0.548. The van der Waals surface area contributed by atoms with E-state index in [0.29, 0.717) is 5.41 Å². The first-order valence-electron chi connectivity index (χ1n) is 11.1. The fourth-order valence-electron chi connectivity index (χ4n) is 8.75. The van der Waals surface area contributed by atoms with Gasteiger partial charge in [-0.2, -0.15) is 0 Å². The highest BCUT2D eigenvalue weighted by Crippen LogP contribution is 2.66. The van der Waals surface area contributed by atoms with Crippen molar-refractivity contribution in [2.45, 2.75) is 72.1 Å². The first kappa shape index (κ1) is 18.1. The Bertz CT molecular complexity index is 510. The molecule has 4 rings (SSSR count). The molecule has 0 amide bonds. The lowest BCUT2D eigenvalue weighted by atomic mass is 9.49. The highest BCUT2D eigenvalue weighted by atomic mass is 16.5. The molecule has 8 unspecified atom stereocenters. The molecule has 1 heteroatoms. The second-order valence-electron chi connectivity index (χ2n) is 10.7. The Balaban J connectivity index is 1.52. The fraction of sp³-hybridized carbons (Fsp3) is 0.917. The Morgan fingerprint density at radius 1 is 1.04 bits per heavy atom. The van der Waals surface area contributed by atoms with Crippen LogP contribution in [0.25, 0.3) is 0 Å². The van der Waals surface area contributed by atoms with Crippen LogP contribution >= 0.6 is 0 Å². The van der Waals surface area contributed by atoms with Crippen molar-refractivity contribution < 1.29 is 4.74 Å². The van der Waals surface area contributed by atoms with Gasteiger partial charge in [0, 0.05) is 13.7 Å². The summed E-state index contributed by atoms with van der Waals surface area (Å²) in [4.78, 5) is 0. The molecule has 0 aromatic rings. The zero-order valence-corrected chi connectivity index (χ0v) is 17.1. The van der Waals surface area contributed by atoms with Crippen LogP contribution in [-0.4, -0.2) is 13.7 Å². The third-order valence-electron chi connectivity index (χ3n) is 9.34. The van der Waals surface area contributed by atoms with Gasteiger partial charge in [0.25, 0.3) is 0 Å². The van der Waals surface area contributed by atoms with Crippen LogP contribution in [0.1, 0.15) is 72.1 Å². The highest BCUT2D eigenvalue weighted by Gasteiger charge is 2.58. The van der Waals surface area contributed by atoms with E-state index >= 15 is 0 Å². The average Bonchev–Trinajstić information content (AvgIpc) is 2.85. The molecule has 9 atom stereocenters. The van der Waals surface area contributed by atoms with E-state index in [4.69, 9.17) is 4.74 Å². The lowest BCUT2D eigenvalue weighted by Crippen LogP contribution is -2.48. The SMILES string of the molecule is C=C(C)[C@H]1C(C)CC2C3CCC4CC(COC)CCC4C3CCC21C. The Hall–Kier alpha value is -0.300. The summed E-state index contributed by atoms with van der Waals surface area (Å²) in [5.74, 6) is 7.54. The van der Waals surface area contributed by atoms with Gasteiger partial charge in [0.1, 0.15) is 0 Å². The second kappa shape index (κ2) is 6.70. The zero-order chi connectivity index (χ0) is 17.8. The van der Waals surface area contributed by atoms with Crippen LogP contribution in [0.4, 0.5) is 0 Å². The van der Waals surface area contributed by atoms with Gasteiger partial charge < -0.3 is 4.74 Å². The number of allylic oxidation sites excluding steroid dienone is 1. The van der Waals surface area contributed by atoms with Gasteiger partial charge in [-0.15, -0.1) is 0 Å². The lowest BCUT2D eigenvalue weighted by molar-refractivity contribution is -0.0685. The molecule has 0 aliphatic heterocycles. The third kappa shape index (κ3) is 2.84. The molecule has 0 N–H and O–H groups in total. The first-order valence-corrected chi connectivity index (χ1v) is 11.1. The van der Waals surface area contributed by atoms with E-state index in [-0.39, 0.29) is 0 Å². The molecule has 142 valence electrons. The Morgan fingerprint density at radius 2 is 1.80 bits per heavy atom. The summed E-state index contributed by atoms with van der Waals surface area (Å²) in [6.45, 7) is 12.9. The summed E-state index contributed by atoms with van der Waals surface area (Å²) in [5.41, 5.74) is 2.01. The maximum atomic E-state index is 5.48. The fourth-order valence-corrected chi connectivity index (χ4v) is 8.75. The van der Waals surface area contributed by atoms with Crippen LogP contribution in [-0.2, 0) is 4.74 Å². The molecule has 0 spiro atoms. The average molecular weight is 345 g/mol. The normalized spacial score (nSPS) is 52.2. The monoisotopic (exact) mass is 344 g/mol. The van der Waals surface area contributed by atoms with Crippen LogP contribution in [0, 0.1) is 52.8 Å². The van der Waals surface area contributed by atoms with E-state index in [1.807, 2.05) is 7.11 Å². The maximum absolute atomic E-state index is 5.48. The maximum Gasteiger partial charge on any atom is 0.0490 e. The smallest absolute Gasteiger partial charge is 0.0490 e. The van der Waals surface area contributed by atoms with Crippen LogP contribution < -0.4 is 0 Å². The van der Waals surface area contributed by atoms with Crippen LogP contribution in [0.15, 0.2) is 12.2 Å². The third-order valence-corrected chi connectivity index (χ3v) is 9.34. The summed E-state index contributed by atoms with van der Waals surface area (Å²) < 4.78 is 5.48. The van der Waals surface area contributed by atoms with E-state index in [9.17, 15) is 0 Å². The molecule has 0 bridgehead atoms. The standard InChI is InChI=1S/C24H40O/c1-15(2)23-16(3)12-22-21-9-7-18-13-17(14-25-5)6-8-19(18)20(21)10-11-24(22,23)4/h16-23H,1,6-14H2,2-5H3/t16?,17?,18?,19?,20?,21?,22?,23-,24?/m0/s1. The Morgan fingerprint density at radius 3 is 2.52 bits per heavy atom. The summed E-state index contributed by atoms with van der Waals surface area (Å²) in [6.07, 6.45) is 11.8. The van der Waals surface area contributed by atoms with Gasteiger partial charge in [0.2, 0.25) is 0 Å². The predicted molar refractivity (Wildman–Crippen MR) is 105 cm³/mol. The molecule has 4 aliphatic rings. The van der Waals surface area contributed by atoms with E-state index in [1.54, 1.807) is 0 Å². The van der Waals surface area contributed by atoms with E-state index in [1.165, 1.54) is 56.9 Å². The minimum Gasteiger partial charge on any atom is -0.384 e. The van der Waals surface area contributed by atoms with E-state index < -0.39 is 0 Å². The van der Waals surface area contributed by atoms with Gasteiger partial charge in [-0.3, -0.25) is 0 Å². The molecular weight excluding hydrogens is 304 g/mol. The summed E-state index contributed by atoms with van der Waals surface area (Å²) in [5, 5.41) is 0. The Labute approximate surface area is 156 Å². The number of hydrogen-bond acceptors (Lipinski definition) is 1. The molecule has 4 saturated carbocycles. The van der Waals surface area contributed by atoms with E-state index in [0.717, 1.165) is 54.0 Å². The molecule has 0 heterocycles. The lowest BCUT2D eigenvalue weighted by Gasteiger charge is -2.56. The van der Waals surface area contributed by atoms with Crippen molar-refractivity contribution in [3.8, 4) is 0 Å². The number of ether oxygens (including phenoxy) is 1. The van der Waals surface area contributed by atoms with Crippen LogP contribution in [0.2, 0.25) is 0 Å². The largest absolute Gasteiger partial charge is 0.384 e. The van der Waals surface area contributed by atoms with Crippen molar-refractivity contribution in [3.63, 3.8) is 0 Å². The molecule has 0 saturated heterocycles. The summed E-state index contributed by atoms with van der Waals surface area (Å²) >= 11 is 0. The van der Waals surface area contributed by atoms with Crippen molar-refractivity contribution in [1.82, 2.24) is 0 Å². The molecule has 25 heavy (non-hydrogen) atoms. The van der Waals surface area contributed by atoms with E-state index in [2.05, 4.69) is 27.4 Å².